The molecule has 0 aromatic heterocycles. The second kappa shape index (κ2) is 8.66. The van der Waals surface area contributed by atoms with E-state index in [0.717, 1.165) is 39.7 Å². The minimum Gasteiger partial charge on any atom is -0.388 e. The predicted molar refractivity (Wildman–Crippen MR) is 129 cm³/mol. The quantitative estimate of drug-likeness (QED) is 0.503. The van der Waals surface area contributed by atoms with Crippen molar-refractivity contribution in [2.24, 2.45) is 0 Å². The zero-order valence-electron chi connectivity index (χ0n) is 17.4. The number of para-hydroxylation sites is 2. The fourth-order valence-electron chi connectivity index (χ4n) is 3.53. The average molecular weight is 393 g/mol. The highest BCUT2D eigenvalue weighted by Crippen LogP contribution is 2.30. The fourth-order valence-corrected chi connectivity index (χ4v) is 3.53. The predicted octanol–water partition coefficient (Wildman–Crippen LogP) is 6.24. The lowest BCUT2D eigenvalue weighted by atomic mass is 10.0. The number of benzene rings is 3. The summed E-state index contributed by atoms with van der Waals surface area (Å²) < 4.78 is 2.27. The summed E-state index contributed by atoms with van der Waals surface area (Å²) in [4.78, 5) is 0. The first kappa shape index (κ1) is 19.5. The van der Waals surface area contributed by atoms with Crippen LogP contribution < -0.4 is 15.2 Å². The van der Waals surface area contributed by atoms with Gasteiger partial charge in [0.25, 0.3) is 0 Å². The van der Waals surface area contributed by atoms with E-state index in [2.05, 4.69) is 102 Å². The van der Waals surface area contributed by atoms with Gasteiger partial charge in [0.15, 0.2) is 0 Å². The highest BCUT2D eigenvalue weighted by atomic mass is 15.0. The molecule has 0 aliphatic heterocycles. The highest BCUT2D eigenvalue weighted by molar-refractivity contribution is 6.14. The zero-order chi connectivity index (χ0) is 20.9. The Bertz CT molecular complexity index is 1150. The third kappa shape index (κ3) is 4.11. The SMILES string of the molecule is C=C1C=CC(NC)=CC1=[N+](c1ccccc1)c1cc(Nc2ccccc2)ccc1C. The second-order valence-electron chi connectivity index (χ2n) is 7.26. The van der Waals surface area contributed by atoms with Crippen LogP contribution in [0.15, 0.2) is 115 Å². The highest BCUT2D eigenvalue weighted by Gasteiger charge is 2.25. The van der Waals surface area contributed by atoms with Crippen LogP contribution in [0.4, 0.5) is 22.7 Å². The fraction of sp³-hybridized carbons (Fsp3) is 0.0741. The van der Waals surface area contributed by atoms with Crippen LogP contribution in [0, 0.1) is 6.92 Å². The van der Waals surface area contributed by atoms with E-state index in [9.17, 15) is 0 Å². The van der Waals surface area contributed by atoms with Gasteiger partial charge in [-0.25, -0.2) is 0 Å². The number of anilines is 2. The molecule has 0 bridgehead atoms. The number of allylic oxidation sites excluding steroid dienone is 4. The van der Waals surface area contributed by atoms with Gasteiger partial charge in [-0.15, -0.1) is 0 Å². The van der Waals surface area contributed by atoms with Gasteiger partial charge in [0.2, 0.25) is 17.1 Å². The summed E-state index contributed by atoms with van der Waals surface area (Å²) in [5.41, 5.74) is 8.57. The molecule has 4 rings (SSSR count). The van der Waals surface area contributed by atoms with Gasteiger partial charge in [-0.1, -0.05) is 49.0 Å². The molecule has 0 saturated heterocycles. The molecule has 2 N–H and O–H groups in total. The molecule has 1 aliphatic rings. The monoisotopic (exact) mass is 392 g/mol. The van der Waals surface area contributed by atoms with E-state index < -0.39 is 0 Å². The van der Waals surface area contributed by atoms with Gasteiger partial charge >= 0.3 is 0 Å². The molecule has 0 spiro atoms. The molecule has 0 fully saturated rings. The van der Waals surface area contributed by atoms with Crippen LogP contribution in [0.25, 0.3) is 0 Å². The molecular weight excluding hydrogens is 366 g/mol. The Morgan fingerprint density at radius 2 is 1.50 bits per heavy atom. The summed E-state index contributed by atoms with van der Waals surface area (Å²) in [6, 6.07) is 27.1. The minimum atomic E-state index is 0.971. The Labute approximate surface area is 178 Å². The molecule has 148 valence electrons. The Kier molecular flexibility index (Phi) is 5.62. The Balaban J connectivity index is 1.89. The van der Waals surface area contributed by atoms with Crippen molar-refractivity contribution in [3.8, 4) is 0 Å². The Hall–Kier alpha value is -3.85. The van der Waals surface area contributed by atoms with E-state index in [4.69, 9.17) is 0 Å². The molecular formula is C27H26N3+. The van der Waals surface area contributed by atoms with Gasteiger partial charge in [0.05, 0.1) is 0 Å². The van der Waals surface area contributed by atoms with Crippen LogP contribution in [0.3, 0.4) is 0 Å². The largest absolute Gasteiger partial charge is 0.388 e. The van der Waals surface area contributed by atoms with Crippen molar-refractivity contribution in [2.45, 2.75) is 6.92 Å². The summed E-state index contributed by atoms with van der Waals surface area (Å²) >= 11 is 0. The molecule has 0 unspecified atom stereocenters. The first-order valence-corrected chi connectivity index (χ1v) is 10.1. The first-order valence-electron chi connectivity index (χ1n) is 10.1. The maximum atomic E-state index is 4.30. The molecule has 0 atom stereocenters. The number of aryl methyl sites for hydroxylation is 1. The average Bonchev–Trinajstić information content (AvgIpc) is 2.79. The summed E-state index contributed by atoms with van der Waals surface area (Å²) in [5.74, 6) is 0. The van der Waals surface area contributed by atoms with Crippen molar-refractivity contribution < 1.29 is 0 Å². The maximum Gasteiger partial charge on any atom is 0.220 e. The van der Waals surface area contributed by atoms with Gasteiger partial charge in [-0.2, -0.15) is 4.58 Å². The molecule has 0 amide bonds. The number of nitrogens with zero attached hydrogens (tertiary/aromatic N) is 1. The summed E-state index contributed by atoms with van der Waals surface area (Å²) in [5, 5.41) is 6.76. The maximum absolute atomic E-state index is 4.30. The van der Waals surface area contributed by atoms with Gasteiger partial charge in [0.1, 0.15) is 0 Å². The van der Waals surface area contributed by atoms with Crippen LogP contribution in [-0.4, -0.2) is 12.8 Å². The third-order valence-electron chi connectivity index (χ3n) is 5.14. The van der Waals surface area contributed by atoms with Crippen LogP contribution >= 0.6 is 0 Å². The van der Waals surface area contributed by atoms with Crippen molar-refractivity contribution in [2.75, 3.05) is 12.4 Å². The van der Waals surface area contributed by atoms with Crippen LogP contribution in [0.5, 0.6) is 0 Å². The lowest BCUT2D eigenvalue weighted by molar-refractivity contribution is 1.02. The van der Waals surface area contributed by atoms with E-state index in [-0.39, 0.29) is 0 Å². The molecule has 0 saturated carbocycles. The lowest BCUT2D eigenvalue weighted by Gasteiger charge is -2.15. The lowest BCUT2D eigenvalue weighted by Crippen LogP contribution is -2.21. The molecule has 0 radical (unpaired) electrons. The Morgan fingerprint density at radius 1 is 0.800 bits per heavy atom. The van der Waals surface area contributed by atoms with E-state index in [1.807, 2.05) is 31.3 Å². The standard InChI is InChI=1S/C27H25N3/c1-20-14-16-23(28-3)18-26(20)30(25-12-8-5-9-13-25)27-19-24(17-15-21(27)2)29-22-10-6-4-7-11-22/h4-19,29H,1H2,2-3H3/p+1. The second-order valence-corrected chi connectivity index (χ2v) is 7.26. The molecule has 30 heavy (non-hydrogen) atoms. The molecule has 1 aliphatic carbocycles. The molecule has 3 aromatic carbocycles. The number of rotatable bonds is 5. The van der Waals surface area contributed by atoms with Crippen LogP contribution in [-0.2, 0) is 0 Å². The van der Waals surface area contributed by atoms with Crippen molar-refractivity contribution in [1.82, 2.24) is 9.89 Å². The van der Waals surface area contributed by atoms with Crippen molar-refractivity contribution in [1.29, 1.82) is 0 Å². The topological polar surface area (TPSA) is 27.1 Å². The zero-order valence-corrected chi connectivity index (χ0v) is 17.4. The van der Waals surface area contributed by atoms with Crippen LogP contribution in [0.1, 0.15) is 5.56 Å². The summed E-state index contributed by atoms with van der Waals surface area (Å²) in [6.45, 7) is 6.44. The Morgan fingerprint density at radius 3 is 2.20 bits per heavy atom. The van der Waals surface area contributed by atoms with E-state index >= 15 is 0 Å². The summed E-state index contributed by atoms with van der Waals surface area (Å²) in [7, 11) is 1.93. The number of hydrogen-bond acceptors (Lipinski definition) is 2. The molecule has 3 heteroatoms. The van der Waals surface area contributed by atoms with E-state index in [1.54, 1.807) is 0 Å². The number of likely N-dealkylation sites (N-methyl/N-ethyl adjacent to an activating group) is 1. The van der Waals surface area contributed by atoms with E-state index in [0.29, 0.717) is 0 Å². The molecule has 0 heterocycles. The van der Waals surface area contributed by atoms with E-state index in [1.165, 1.54) is 5.56 Å². The number of hydrogen-bond donors (Lipinski definition) is 2. The van der Waals surface area contributed by atoms with Gasteiger partial charge in [-0.05, 0) is 37.3 Å². The van der Waals surface area contributed by atoms with Crippen LogP contribution in [0.2, 0.25) is 0 Å². The molecule has 3 nitrogen and oxygen atoms in total. The smallest absolute Gasteiger partial charge is 0.220 e. The third-order valence-corrected chi connectivity index (χ3v) is 5.14. The summed E-state index contributed by atoms with van der Waals surface area (Å²) in [6.07, 6.45) is 6.25. The van der Waals surface area contributed by atoms with Crippen molar-refractivity contribution in [3.05, 3.63) is 121 Å². The number of nitrogens with one attached hydrogen (secondary N) is 2. The normalized spacial score (nSPS) is 14.9. The first-order chi connectivity index (χ1) is 14.7. The van der Waals surface area contributed by atoms with Gasteiger partial charge in [-0.3, -0.25) is 0 Å². The molecule has 3 aromatic rings. The van der Waals surface area contributed by atoms with Gasteiger partial charge in [0, 0.05) is 59.5 Å². The van der Waals surface area contributed by atoms with Crippen molar-refractivity contribution in [3.63, 3.8) is 0 Å². The van der Waals surface area contributed by atoms with Crippen molar-refractivity contribution >= 4 is 28.5 Å². The minimum absolute atomic E-state index is 0.971. The van der Waals surface area contributed by atoms with Gasteiger partial charge < -0.3 is 10.6 Å².